The third kappa shape index (κ3) is 1.77. The first-order chi connectivity index (χ1) is 8.41. The average molecular weight is 259 g/mol. The Morgan fingerprint density at radius 3 is 2.56 bits per heavy atom. The number of nitrogens with one attached hydrogen (secondary N) is 1. The zero-order valence-electron chi connectivity index (χ0n) is 9.14. The number of rotatable bonds is 2. The number of benzene rings is 1. The molecule has 96 valence electrons. The van der Waals surface area contributed by atoms with Crippen LogP contribution in [-0.2, 0) is 5.41 Å². The molecule has 1 N–H and O–H groups in total. The number of ether oxygens (including phenoxy) is 1. The Hall–Kier alpha value is -1.56. The van der Waals surface area contributed by atoms with Gasteiger partial charge in [-0.2, -0.15) is 0 Å². The predicted octanol–water partition coefficient (Wildman–Crippen LogP) is 2.51. The lowest BCUT2D eigenvalue weighted by Gasteiger charge is -2.15. The Labute approximate surface area is 100 Å². The minimum atomic E-state index is -4.88. The standard InChI is InChI=1S/C12H9F4NO/c13-9-3-7(11-4-8(11)5-17-6-11)1-2-10(9)18-12(14,15)16/h1-4,17H,5-6H2. The largest absolute Gasteiger partial charge is 0.573 e. The highest BCUT2D eigenvalue weighted by Crippen LogP contribution is 2.49. The van der Waals surface area contributed by atoms with E-state index in [1.54, 1.807) is 0 Å². The van der Waals surface area contributed by atoms with Gasteiger partial charge in [-0.15, -0.1) is 13.2 Å². The van der Waals surface area contributed by atoms with Crippen molar-refractivity contribution in [3.8, 4) is 5.75 Å². The fourth-order valence-electron chi connectivity index (χ4n) is 2.39. The van der Waals surface area contributed by atoms with E-state index >= 15 is 0 Å². The van der Waals surface area contributed by atoms with Crippen molar-refractivity contribution in [2.45, 2.75) is 11.8 Å². The number of hydrogen-bond acceptors (Lipinski definition) is 2. The SMILES string of the molecule is Fc1cc(C23C=C2CNC3)ccc1OC(F)(F)F. The second kappa shape index (κ2) is 3.47. The predicted molar refractivity (Wildman–Crippen MR) is 55.7 cm³/mol. The molecule has 2 nitrogen and oxygen atoms in total. The van der Waals surface area contributed by atoms with Crippen LogP contribution in [0.15, 0.2) is 29.8 Å². The highest BCUT2D eigenvalue weighted by molar-refractivity contribution is 5.59. The van der Waals surface area contributed by atoms with Crippen LogP contribution in [0.4, 0.5) is 17.6 Å². The summed E-state index contributed by atoms with van der Waals surface area (Å²) >= 11 is 0. The van der Waals surface area contributed by atoms with Gasteiger partial charge in [0.2, 0.25) is 0 Å². The van der Waals surface area contributed by atoms with Crippen LogP contribution in [0.2, 0.25) is 0 Å². The highest BCUT2D eigenvalue weighted by atomic mass is 19.4. The molecule has 1 fully saturated rings. The van der Waals surface area contributed by atoms with Crippen LogP contribution in [0, 0.1) is 5.82 Å². The number of hydrogen-bond donors (Lipinski definition) is 1. The normalized spacial score (nSPS) is 25.7. The average Bonchev–Trinajstić information content (AvgIpc) is 2.83. The van der Waals surface area contributed by atoms with Gasteiger partial charge in [0.05, 0.1) is 0 Å². The van der Waals surface area contributed by atoms with E-state index in [9.17, 15) is 17.6 Å². The molecule has 1 aliphatic heterocycles. The van der Waals surface area contributed by atoms with Crippen molar-refractivity contribution in [3.63, 3.8) is 0 Å². The summed E-state index contributed by atoms with van der Waals surface area (Å²) in [5.41, 5.74) is 1.54. The molecular weight excluding hydrogens is 250 g/mol. The van der Waals surface area contributed by atoms with Crippen LogP contribution in [0.3, 0.4) is 0 Å². The van der Waals surface area contributed by atoms with E-state index in [1.807, 2.05) is 6.08 Å². The summed E-state index contributed by atoms with van der Waals surface area (Å²) in [6.45, 7) is 1.42. The molecule has 1 saturated heterocycles. The monoisotopic (exact) mass is 259 g/mol. The summed E-state index contributed by atoms with van der Waals surface area (Å²) in [7, 11) is 0. The third-order valence-corrected chi connectivity index (χ3v) is 3.30. The van der Waals surface area contributed by atoms with Crippen LogP contribution in [0.25, 0.3) is 0 Å². The van der Waals surface area contributed by atoms with E-state index in [4.69, 9.17) is 0 Å². The molecule has 1 unspecified atom stereocenters. The molecule has 2 aliphatic rings. The maximum Gasteiger partial charge on any atom is 0.573 e. The minimum absolute atomic E-state index is 0.280. The van der Waals surface area contributed by atoms with Gasteiger partial charge in [0.1, 0.15) is 0 Å². The lowest BCUT2D eigenvalue weighted by molar-refractivity contribution is -0.275. The lowest BCUT2D eigenvalue weighted by Crippen LogP contribution is -2.21. The molecule has 0 bridgehead atoms. The van der Waals surface area contributed by atoms with E-state index in [0.29, 0.717) is 12.1 Å². The quantitative estimate of drug-likeness (QED) is 0.651. The molecule has 0 spiro atoms. The van der Waals surface area contributed by atoms with Crippen LogP contribution in [0.1, 0.15) is 5.56 Å². The van der Waals surface area contributed by atoms with E-state index < -0.39 is 17.9 Å². The molecule has 1 aromatic carbocycles. The van der Waals surface area contributed by atoms with Gasteiger partial charge in [0.25, 0.3) is 0 Å². The summed E-state index contributed by atoms with van der Waals surface area (Å²) in [5.74, 6) is -1.79. The van der Waals surface area contributed by atoms with Crippen molar-refractivity contribution in [3.05, 3.63) is 41.2 Å². The minimum Gasteiger partial charge on any atom is -0.403 e. The molecule has 3 rings (SSSR count). The second-order valence-corrected chi connectivity index (χ2v) is 4.44. The van der Waals surface area contributed by atoms with E-state index in [1.165, 1.54) is 6.07 Å². The van der Waals surface area contributed by atoms with Crippen molar-refractivity contribution in [2.24, 2.45) is 0 Å². The molecule has 0 radical (unpaired) electrons. The molecule has 1 aromatic rings. The number of alkyl halides is 3. The molecule has 1 aliphatic carbocycles. The Morgan fingerprint density at radius 1 is 1.28 bits per heavy atom. The zero-order chi connectivity index (χ0) is 13.0. The summed E-state index contributed by atoms with van der Waals surface area (Å²) in [6.07, 6.45) is -2.87. The van der Waals surface area contributed by atoms with Gasteiger partial charge in [-0.05, 0) is 23.3 Å². The van der Waals surface area contributed by atoms with E-state index in [0.717, 1.165) is 24.3 Å². The topological polar surface area (TPSA) is 21.3 Å². The third-order valence-electron chi connectivity index (χ3n) is 3.30. The molecule has 1 heterocycles. The smallest absolute Gasteiger partial charge is 0.403 e. The van der Waals surface area contributed by atoms with Gasteiger partial charge in [-0.1, -0.05) is 12.1 Å². The van der Waals surface area contributed by atoms with Gasteiger partial charge >= 0.3 is 6.36 Å². The van der Waals surface area contributed by atoms with Crippen molar-refractivity contribution < 1.29 is 22.3 Å². The van der Waals surface area contributed by atoms with Crippen molar-refractivity contribution >= 4 is 0 Å². The Bertz CT molecular complexity index is 537. The van der Waals surface area contributed by atoms with Crippen LogP contribution in [-0.4, -0.2) is 19.5 Å². The van der Waals surface area contributed by atoms with Crippen molar-refractivity contribution in [1.82, 2.24) is 5.32 Å². The fraction of sp³-hybridized carbons (Fsp3) is 0.333. The van der Waals surface area contributed by atoms with Crippen LogP contribution in [0.5, 0.6) is 5.75 Å². The van der Waals surface area contributed by atoms with Crippen LogP contribution >= 0.6 is 0 Å². The first-order valence-electron chi connectivity index (χ1n) is 5.39. The summed E-state index contributed by atoms with van der Waals surface area (Å²) < 4.78 is 53.1. The highest BCUT2D eigenvalue weighted by Gasteiger charge is 2.49. The van der Waals surface area contributed by atoms with Gasteiger partial charge in [0, 0.05) is 18.5 Å². The van der Waals surface area contributed by atoms with Crippen molar-refractivity contribution in [2.75, 3.05) is 13.1 Å². The summed E-state index contributed by atoms with van der Waals surface area (Å²) in [5, 5.41) is 3.13. The lowest BCUT2D eigenvalue weighted by atomic mass is 9.92. The number of halogens is 4. The maximum absolute atomic E-state index is 13.6. The summed E-state index contributed by atoms with van der Waals surface area (Å²) in [6, 6.07) is 3.60. The first-order valence-corrected chi connectivity index (χ1v) is 5.39. The molecule has 0 aromatic heterocycles. The van der Waals surface area contributed by atoms with E-state index in [2.05, 4.69) is 10.1 Å². The molecule has 6 heteroatoms. The first kappa shape index (κ1) is 11.5. The maximum atomic E-state index is 13.6. The number of fused-ring (bicyclic) bond motifs is 1. The molecule has 1 atom stereocenters. The second-order valence-electron chi connectivity index (χ2n) is 4.44. The van der Waals surface area contributed by atoms with Crippen molar-refractivity contribution in [1.29, 1.82) is 0 Å². The van der Waals surface area contributed by atoms with E-state index in [-0.39, 0.29) is 5.41 Å². The van der Waals surface area contributed by atoms with Gasteiger partial charge in [-0.3, -0.25) is 0 Å². The molecule has 0 amide bonds. The van der Waals surface area contributed by atoms with Gasteiger partial charge in [0.15, 0.2) is 11.6 Å². The molecule has 18 heavy (non-hydrogen) atoms. The summed E-state index contributed by atoms with van der Waals surface area (Å²) in [4.78, 5) is 0. The van der Waals surface area contributed by atoms with Crippen LogP contribution < -0.4 is 10.1 Å². The van der Waals surface area contributed by atoms with Gasteiger partial charge in [-0.25, -0.2) is 4.39 Å². The molecular formula is C12H9F4NO. The molecule has 0 saturated carbocycles. The van der Waals surface area contributed by atoms with Gasteiger partial charge < -0.3 is 10.1 Å². The Balaban J connectivity index is 1.86. The Kier molecular flexibility index (Phi) is 2.22. The Morgan fingerprint density at radius 2 is 2.06 bits per heavy atom. The zero-order valence-corrected chi connectivity index (χ0v) is 9.14. The fourth-order valence-corrected chi connectivity index (χ4v) is 2.39.